The van der Waals surface area contributed by atoms with Crippen molar-refractivity contribution < 1.29 is 14.3 Å². The molecule has 18 heavy (non-hydrogen) atoms. The summed E-state index contributed by atoms with van der Waals surface area (Å²) in [6.45, 7) is 0.164. The number of carbonyl (C=O) groups excluding carboxylic acids is 1. The smallest absolute Gasteiger partial charge is 0.309 e. The Kier molecular flexibility index (Phi) is 5.00. The first-order valence-electron chi connectivity index (χ1n) is 6.57. The van der Waals surface area contributed by atoms with Gasteiger partial charge in [-0.1, -0.05) is 25.7 Å². The Bertz CT molecular complexity index is 363. The summed E-state index contributed by atoms with van der Waals surface area (Å²) in [6.07, 6.45) is 13.1. The first kappa shape index (κ1) is 12.9. The topological polar surface area (TPSA) is 47.9 Å². The molecule has 0 saturated heterocycles. The van der Waals surface area contributed by atoms with E-state index in [4.69, 9.17) is 9.47 Å². The third kappa shape index (κ3) is 4.02. The standard InChI is InChI=1S/C14H19NO3/c16-14(12-6-3-1-2-4-7-12)18-11-13-10-15-8-5-9-17-13/h5,8-10,12H,1-4,6-7,11H2. The molecule has 2 rings (SSSR count). The van der Waals surface area contributed by atoms with E-state index >= 15 is 0 Å². The third-order valence-corrected chi connectivity index (χ3v) is 3.23. The van der Waals surface area contributed by atoms with Gasteiger partial charge in [0.15, 0.2) is 12.4 Å². The summed E-state index contributed by atoms with van der Waals surface area (Å²) in [5.41, 5.74) is 0. The van der Waals surface area contributed by atoms with Gasteiger partial charge in [0, 0.05) is 6.21 Å². The predicted molar refractivity (Wildman–Crippen MR) is 69.0 cm³/mol. The van der Waals surface area contributed by atoms with Crippen LogP contribution < -0.4 is 0 Å². The number of allylic oxidation sites excluding steroid dienone is 1. The molecule has 0 bridgehead atoms. The summed E-state index contributed by atoms with van der Waals surface area (Å²) in [5.74, 6) is 0.526. The van der Waals surface area contributed by atoms with Crippen molar-refractivity contribution in [3.8, 4) is 0 Å². The van der Waals surface area contributed by atoms with Crippen LogP contribution >= 0.6 is 0 Å². The van der Waals surface area contributed by atoms with Gasteiger partial charge < -0.3 is 9.47 Å². The maximum Gasteiger partial charge on any atom is 0.309 e. The van der Waals surface area contributed by atoms with Gasteiger partial charge in [0.2, 0.25) is 0 Å². The van der Waals surface area contributed by atoms with Crippen molar-refractivity contribution >= 4 is 12.2 Å². The molecule has 1 aliphatic carbocycles. The molecule has 2 aliphatic rings. The van der Waals surface area contributed by atoms with Crippen molar-refractivity contribution in [1.82, 2.24) is 0 Å². The molecule has 1 fully saturated rings. The normalized spacial score (nSPS) is 20.6. The van der Waals surface area contributed by atoms with Gasteiger partial charge >= 0.3 is 5.97 Å². The minimum Gasteiger partial charge on any atom is -0.464 e. The molecule has 0 unspecified atom stereocenters. The average molecular weight is 249 g/mol. The summed E-state index contributed by atoms with van der Waals surface area (Å²) in [5, 5.41) is 0. The van der Waals surface area contributed by atoms with Crippen molar-refractivity contribution in [3.05, 3.63) is 24.3 Å². The first-order valence-corrected chi connectivity index (χ1v) is 6.57. The van der Waals surface area contributed by atoms with Gasteiger partial charge in [-0.05, 0) is 18.9 Å². The molecule has 0 radical (unpaired) electrons. The highest BCUT2D eigenvalue weighted by Gasteiger charge is 2.21. The van der Waals surface area contributed by atoms with E-state index in [0.717, 1.165) is 25.7 Å². The fourth-order valence-corrected chi connectivity index (χ4v) is 2.21. The van der Waals surface area contributed by atoms with Crippen molar-refractivity contribution in [2.75, 3.05) is 6.61 Å². The molecule has 98 valence electrons. The Morgan fingerprint density at radius 3 is 2.89 bits per heavy atom. The molecule has 4 heteroatoms. The Morgan fingerprint density at radius 1 is 1.33 bits per heavy atom. The van der Waals surface area contributed by atoms with Gasteiger partial charge in [0.05, 0.1) is 18.4 Å². The van der Waals surface area contributed by atoms with Crippen LogP contribution in [-0.4, -0.2) is 18.8 Å². The van der Waals surface area contributed by atoms with Crippen LogP contribution in [-0.2, 0) is 14.3 Å². The Hall–Kier alpha value is -1.58. The summed E-state index contributed by atoms with van der Waals surface area (Å²) in [4.78, 5) is 15.9. The van der Waals surface area contributed by atoms with E-state index in [-0.39, 0.29) is 18.5 Å². The number of hydrogen-bond donors (Lipinski definition) is 0. The summed E-state index contributed by atoms with van der Waals surface area (Å²) in [6, 6.07) is 0. The Balaban J connectivity index is 1.78. The van der Waals surface area contributed by atoms with Crippen LogP contribution in [0.5, 0.6) is 0 Å². The summed E-state index contributed by atoms with van der Waals surface area (Å²) < 4.78 is 10.5. The van der Waals surface area contributed by atoms with Crippen LogP contribution in [0, 0.1) is 5.92 Å². The maximum absolute atomic E-state index is 11.9. The monoisotopic (exact) mass is 249 g/mol. The lowest BCUT2D eigenvalue weighted by molar-refractivity contribution is -0.148. The van der Waals surface area contributed by atoms with Gasteiger partial charge in [-0.15, -0.1) is 0 Å². The molecule has 4 nitrogen and oxygen atoms in total. The zero-order valence-electron chi connectivity index (χ0n) is 10.5. The fraction of sp³-hybridized carbons (Fsp3) is 0.571. The molecule has 0 spiro atoms. The van der Waals surface area contributed by atoms with Crippen molar-refractivity contribution in [3.63, 3.8) is 0 Å². The van der Waals surface area contributed by atoms with Crippen LogP contribution in [0.2, 0.25) is 0 Å². The second-order valence-corrected chi connectivity index (χ2v) is 4.64. The number of nitrogens with zero attached hydrogens (tertiary/aromatic N) is 1. The third-order valence-electron chi connectivity index (χ3n) is 3.23. The Labute approximate surface area is 107 Å². The van der Waals surface area contributed by atoms with Gasteiger partial charge in [-0.3, -0.25) is 9.79 Å². The van der Waals surface area contributed by atoms with Crippen LogP contribution in [0.1, 0.15) is 38.5 Å². The highest BCUT2D eigenvalue weighted by atomic mass is 16.6. The SMILES string of the molecule is O=C(OCC1=CN=CC=CO1)C1CCCCCC1. The Morgan fingerprint density at radius 2 is 2.11 bits per heavy atom. The van der Waals surface area contributed by atoms with Gasteiger partial charge in [0.25, 0.3) is 0 Å². The van der Waals surface area contributed by atoms with Crippen LogP contribution in [0.15, 0.2) is 29.3 Å². The van der Waals surface area contributed by atoms with Gasteiger partial charge in [-0.25, -0.2) is 0 Å². The quantitative estimate of drug-likeness (QED) is 0.570. The zero-order chi connectivity index (χ0) is 12.6. The largest absolute Gasteiger partial charge is 0.464 e. The molecule has 0 aromatic heterocycles. The molecule has 0 atom stereocenters. The number of carbonyl (C=O) groups is 1. The van der Waals surface area contributed by atoms with E-state index in [2.05, 4.69) is 4.99 Å². The molecule has 0 amide bonds. The first-order chi connectivity index (χ1) is 8.86. The van der Waals surface area contributed by atoms with Crippen molar-refractivity contribution in [1.29, 1.82) is 0 Å². The van der Waals surface area contributed by atoms with Crippen LogP contribution in [0.3, 0.4) is 0 Å². The van der Waals surface area contributed by atoms with Gasteiger partial charge in [0.1, 0.15) is 0 Å². The second kappa shape index (κ2) is 6.99. The molecule has 1 heterocycles. The molecule has 0 N–H and O–H groups in total. The minimum absolute atomic E-state index is 0.0675. The average Bonchev–Trinajstić information content (AvgIpc) is 2.80. The number of ether oxygens (including phenoxy) is 2. The van der Waals surface area contributed by atoms with Crippen molar-refractivity contribution in [2.24, 2.45) is 10.9 Å². The van der Waals surface area contributed by atoms with E-state index in [1.54, 1.807) is 18.5 Å². The summed E-state index contributed by atoms with van der Waals surface area (Å²) >= 11 is 0. The number of aliphatic imine (C=N–C) groups is 1. The predicted octanol–water partition coefficient (Wildman–Crippen LogP) is 2.96. The van der Waals surface area contributed by atoms with Gasteiger partial charge in [-0.2, -0.15) is 0 Å². The van der Waals surface area contributed by atoms with E-state index in [1.165, 1.54) is 19.1 Å². The lowest BCUT2D eigenvalue weighted by Crippen LogP contribution is -2.18. The molecular weight excluding hydrogens is 230 g/mol. The second-order valence-electron chi connectivity index (χ2n) is 4.64. The van der Waals surface area contributed by atoms with Crippen molar-refractivity contribution in [2.45, 2.75) is 38.5 Å². The zero-order valence-corrected chi connectivity index (χ0v) is 10.5. The molecule has 1 saturated carbocycles. The lowest BCUT2D eigenvalue weighted by Gasteiger charge is -2.13. The molecule has 0 aromatic carbocycles. The maximum atomic E-state index is 11.9. The lowest BCUT2D eigenvalue weighted by atomic mass is 10.0. The van der Waals surface area contributed by atoms with Crippen LogP contribution in [0.4, 0.5) is 0 Å². The van der Waals surface area contributed by atoms with E-state index < -0.39 is 0 Å². The number of hydrogen-bond acceptors (Lipinski definition) is 4. The fourth-order valence-electron chi connectivity index (χ4n) is 2.21. The van der Waals surface area contributed by atoms with E-state index in [1.807, 2.05) is 0 Å². The highest BCUT2D eigenvalue weighted by Crippen LogP contribution is 2.24. The number of esters is 1. The minimum atomic E-state index is -0.0985. The molecule has 0 aromatic rings. The number of rotatable bonds is 3. The van der Waals surface area contributed by atoms with E-state index in [9.17, 15) is 4.79 Å². The molecule has 1 aliphatic heterocycles. The molecular formula is C14H19NO3. The highest BCUT2D eigenvalue weighted by molar-refractivity contribution is 5.73. The van der Waals surface area contributed by atoms with E-state index in [0.29, 0.717) is 5.76 Å². The van der Waals surface area contributed by atoms with Crippen LogP contribution in [0.25, 0.3) is 0 Å². The summed E-state index contributed by atoms with van der Waals surface area (Å²) in [7, 11) is 0.